The van der Waals surface area contributed by atoms with Gasteiger partial charge in [-0.3, -0.25) is 10.4 Å². The fourth-order valence-electron chi connectivity index (χ4n) is 2.14. The molecule has 0 bridgehead atoms. The summed E-state index contributed by atoms with van der Waals surface area (Å²) in [6.45, 7) is 5.59. The van der Waals surface area contributed by atoms with E-state index in [0.717, 1.165) is 35.8 Å². The number of aliphatic imine (C=N–C) groups is 1. The Morgan fingerprint density at radius 3 is 2.80 bits per heavy atom. The molecule has 0 radical (unpaired) electrons. The normalized spacial score (nSPS) is 16.3. The summed E-state index contributed by atoms with van der Waals surface area (Å²) in [6, 6.07) is 8.00. The SMILES string of the molecule is CCOc1ccc(C(C)=NNC2=NCCCCC2)cc1. The first kappa shape index (κ1) is 14.6. The monoisotopic (exact) mass is 273 g/mol. The summed E-state index contributed by atoms with van der Waals surface area (Å²) >= 11 is 0. The van der Waals surface area contributed by atoms with Crippen LogP contribution in [0.1, 0.15) is 45.1 Å². The predicted octanol–water partition coefficient (Wildman–Crippen LogP) is 3.37. The summed E-state index contributed by atoms with van der Waals surface area (Å²) in [5.74, 6) is 1.90. The zero-order valence-electron chi connectivity index (χ0n) is 12.4. The van der Waals surface area contributed by atoms with Crippen LogP contribution in [-0.4, -0.2) is 24.7 Å². The second kappa shape index (κ2) is 7.68. The van der Waals surface area contributed by atoms with Crippen molar-refractivity contribution in [2.24, 2.45) is 10.1 Å². The lowest BCUT2D eigenvalue weighted by Crippen LogP contribution is -2.19. The Labute approximate surface area is 120 Å². The van der Waals surface area contributed by atoms with Gasteiger partial charge in [-0.05, 0) is 56.5 Å². The van der Waals surface area contributed by atoms with Crippen molar-refractivity contribution in [2.45, 2.75) is 39.5 Å². The molecule has 1 heterocycles. The Balaban J connectivity index is 1.96. The van der Waals surface area contributed by atoms with Crippen LogP contribution in [0.4, 0.5) is 0 Å². The highest BCUT2D eigenvalue weighted by Gasteiger charge is 2.04. The standard InChI is InChI=1S/C16H23N3O/c1-3-20-15-10-8-14(9-11-15)13(2)18-19-16-7-5-4-6-12-17-16/h8-11H,3-7,12H2,1-2H3,(H,17,19). The molecule has 0 amide bonds. The van der Waals surface area contributed by atoms with Crippen LogP contribution in [0.5, 0.6) is 5.75 Å². The molecule has 0 aromatic heterocycles. The van der Waals surface area contributed by atoms with Crippen LogP contribution in [0.3, 0.4) is 0 Å². The first-order valence-corrected chi connectivity index (χ1v) is 7.36. The number of ether oxygens (including phenoxy) is 1. The Morgan fingerprint density at radius 1 is 1.25 bits per heavy atom. The van der Waals surface area contributed by atoms with Crippen molar-refractivity contribution < 1.29 is 4.74 Å². The van der Waals surface area contributed by atoms with E-state index < -0.39 is 0 Å². The molecule has 0 unspecified atom stereocenters. The molecule has 0 saturated carbocycles. The van der Waals surface area contributed by atoms with Gasteiger partial charge in [-0.1, -0.05) is 6.42 Å². The van der Waals surface area contributed by atoms with Gasteiger partial charge in [0.1, 0.15) is 11.6 Å². The second-order valence-electron chi connectivity index (χ2n) is 4.91. The van der Waals surface area contributed by atoms with Crippen molar-refractivity contribution >= 4 is 11.5 Å². The van der Waals surface area contributed by atoms with E-state index in [9.17, 15) is 0 Å². The van der Waals surface area contributed by atoms with Gasteiger partial charge in [-0.15, -0.1) is 0 Å². The molecule has 108 valence electrons. The van der Waals surface area contributed by atoms with E-state index in [-0.39, 0.29) is 0 Å². The highest BCUT2D eigenvalue weighted by molar-refractivity contribution is 5.99. The summed E-state index contributed by atoms with van der Waals surface area (Å²) in [5.41, 5.74) is 5.16. The summed E-state index contributed by atoms with van der Waals surface area (Å²) in [7, 11) is 0. The van der Waals surface area contributed by atoms with Crippen molar-refractivity contribution in [2.75, 3.05) is 13.2 Å². The molecule has 1 N–H and O–H groups in total. The lowest BCUT2D eigenvalue weighted by molar-refractivity contribution is 0.340. The molecule has 1 aliphatic rings. The van der Waals surface area contributed by atoms with Crippen LogP contribution in [-0.2, 0) is 0 Å². The quantitative estimate of drug-likeness (QED) is 0.675. The van der Waals surface area contributed by atoms with Gasteiger partial charge >= 0.3 is 0 Å². The van der Waals surface area contributed by atoms with Crippen molar-refractivity contribution in [1.29, 1.82) is 0 Å². The van der Waals surface area contributed by atoms with Crippen molar-refractivity contribution in [3.63, 3.8) is 0 Å². The van der Waals surface area contributed by atoms with Gasteiger partial charge in [0.2, 0.25) is 0 Å². The van der Waals surface area contributed by atoms with E-state index >= 15 is 0 Å². The van der Waals surface area contributed by atoms with E-state index in [0.29, 0.717) is 6.61 Å². The highest BCUT2D eigenvalue weighted by Crippen LogP contribution is 2.12. The summed E-state index contributed by atoms with van der Waals surface area (Å²) in [5, 5.41) is 4.43. The summed E-state index contributed by atoms with van der Waals surface area (Å²) in [6.07, 6.45) is 4.65. The molecule has 1 aromatic rings. The fourth-order valence-corrected chi connectivity index (χ4v) is 2.14. The van der Waals surface area contributed by atoms with E-state index in [1.54, 1.807) is 0 Å². The first-order chi connectivity index (χ1) is 9.79. The molecular weight excluding hydrogens is 250 g/mol. The smallest absolute Gasteiger partial charge is 0.119 e. The molecule has 4 nitrogen and oxygen atoms in total. The molecule has 0 saturated heterocycles. The highest BCUT2D eigenvalue weighted by atomic mass is 16.5. The minimum absolute atomic E-state index is 0.688. The molecule has 0 fully saturated rings. The first-order valence-electron chi connectivity index (χ1n) is 7.36. The van der Waals surface area contributed by atoms with Crippen LogP contribution in [0.25, 0.3) is 0 Å². The van der Waals surface area contributed by atoms with Crippen LogP contribution >= 0.6 is 0 Å². The fraction of sp³-hybridized carbons (Fsp3) is 0.500. The number of rotatable bonds is 4. The molecule has 1 aromatic carbocycles. The number of nitrogens with zero attached hydrogens (tertiary/aromatic N) is 2. The van der Waals surface area contributed by atoms with Crippen LogP contribution < -0.4 is 10.2 Å². The number of benzene rings is 1. The molecular formula is C16H23N3O. The number of nitrogens with one attached hydrogen (secondary N) is 1. The maximum atomic E-state index is 5.44. The van der Waals surface area contributed by atoms with Gasteiger partial charge in [0.15, 0.2) is 0 Å². The van der Waals surface area contributed by atoms with Crippen molar-refractivity contribution in [3.8, 4) is 5.75 Å². The molecule has 0 atom stereocenters. The van der Waals surface area contributed by atoms with Crippen molar-refractivity contribution in [3.05, 3.63) is 29.8 Å². The number of hydrazone groups is 1. The Morgan fingerprint density at radius 2 is 2.05 bits per heavy atom. The van der Waals surface area contributed by atoms with Gasteiger partial charge in [0.05, 0.1) is 12.3 Å². The zero-order valence-corrected chi connectivity index (χ0v) is 12.4. The van der Waals surface area contributed by atoms with Gasteiger partial charge in [0, 0.05) is 13.0 Å². The van der Waals surface area contributed by atoms with E-state index in [2.05, 4.69) is 15.5 Å². The number of hydrogen-bond donors (Lipinski definition) is 1. The number of hydrogen-bond acceptors (Lipinski definition) is 4. The summed E-state index contributed by atoms with van der Waals surface area (Å²) < 4.78 is 5.44. The summed E-state index contributed by atoms with van der Waals surface area (Å²) in [4.78, 5) is 4.51. The molecule has 2 rings (SSSR count). The predicted molar refractivity (Wildman–Crippen MR) is 83.7 cm³/mol. The van der Waals surface area contributed by atoms with E-state index in [1.807, 2.05) is 38.1 Å². The molecule has 4 heteroatoms. The van der Waals surface area contributed by atoms with E-state index in [4.69, 9.17) is 4.74 Å². The minimum Gasteiger partial charge on any atom is -0.494 e. The molecule has 0 spiro atoms. The zero-order chi connectivity index (χ0) is 14.2. The van der Waals surface area contributed by atoms with Crippen LogP contribution in [0.2, 0.25) is 0 Å². The third kappa shape index (κ3) is 4.37. The molecule has 1 aliphatic heterocycles. The van der Waals surface area contributed by atoms with Gasteiger partial charge in [-0.25, -0.2) is 0 Å². The van der Waals surface area contributed by atoms with Crippen LogP contribution in [0.15, 0.2) is 34.4 Å². The Kier molecular flexibility index (Phi) is 5.59. The van der Waals surface area contributed by atoms with Gasteiger partial charge < -0.3 is 4.74 Å². The maximum absolute atomic E-state index is 5.44. The minimum atomic E-state index is 0.688. The topological polar surface area (TPSA) is 46.0 Å². The largest absolute Gasteiger partial charge is 0.494 e. The van der Waals surface area contributed by atoms with E-state index in [1.165, 1.54) is 19.3 Å². The second-order valence-corrected chi connectivity index (χ2v) is 4.91. The third-order valence-electron chi connectivity index (χ3n) is 3.31. The van der Waals surface area contributed by atoms with Gasteiger partial charge in [0.25, 0.3) is 0 Å². The molecule has 20 heavy (non-hydrogen) atoms. The lowest BCUT2D eigenvalue weighted by atomic mass is 10.1. The molecule has 0 aliphatic carbocycles. The maximum Gasteiger partial charge on any atom is 0.119 e. The van der Waals surface area contributed by atoms with Crippen molar-refractivity contribution in [1.82, 2.24) is 5.43 Å². The van der Waals surface area contributed by atoms with Crippen LogP contribution in [0, 0.1) is 0 Å². The van der Waals surface area contributed by atoms with Gasteiger partial charge in [-0.2, -0.15) is 5.10 Å². The average molecular weight is 273 g/mol. The Bertz CT molecular complexity index is 477. The third-order valence-corrected chi connectivity index (χ3v) is 3.31. The number of amidine groups is 1. The Hall–Kier alpha value is -1.84. The lowest BCUT2D eigenvalue weighted by Gasteiger charge is -2.06. The average Bonchev–Trinajstić information content (AvgIpc) is 2.74.